The number of anilines is 1. The van der Waals surface area contributed by atoms with Gasteiger partial charge in [-0.15, -0.1) is 0 Å². The molecular formula is C24H29IN2S. The van der Waals surface area contributed by atoms with Crippen LogP contribution in [-0.2, 0) is 0 Å². The van der Waals surface area contributed by atoms with Gasteiger partial charge in [0.25, 0.3) is 0 Å². The monoisotopic (exact) mass is 504 g/mol. The summed E-state index contributed by atoms with van der Waals surface area (Å²) in [6.45, 7) is 4.54. The third kappa shape index (κ3) is 5.29. The lowest BCUT2D eigenvalue weighted by Crippen LogP contribution is -3.00. The molecule has 2 nitrogen and oxygen atoms in total. The average Bonchev–Trinajstić information content (AvgIpc) is 2.67. The van der Waals surface area contributed by atoms with E-state index in [1.54, 1.807) is 0 Å². The van der Waals surface area contributed by atoms with E-state index in [1.807, 2.05) is 11.8 Å². The van der Waals surface area contributed by atoms with Crippen LogP contribution in [0.3, 0.4) is 0 Å². The molecule has 1 aromatic rings. The summed E-state index contributed by atoms with van der Waals surface area (Å²) >= 11 is 1.89. The molecule has 3 rings (SSSR count). The van der Waals surface area contributed by atoms with Crippen molar-refractivity contribution >= 4 is 28.7 Å². The smallest absolute Gasteiger partial charge is 0.199 e. The zero-order valence-electron chi connectivity index (χ0n) is 17.5. The fourth-order valence-electron chi connectivity index (χ4n) is 2.99. The number of allylic oxidation sites excluding steroid dienone is 9. The topological polar surface area (TPSA) is 6.25 Å². The van der Waals surface area contributed by atoms with Crippen LogP contribution in [0, 0.1) is 5.92 Å². The Morgan fingerprint density at radius 1 is 0.893 bits per heavy atom. The minimum atomic E-state index is 0. The van der Waals surface area contributed by atoms with Crippen molar-refractivity contribution < 1.29 is 28.6 Å². The number of halogens is 1. The molecule has 28 heavy (non-hydrogen) atoms. The lowest BCUT2D eigenvalue weighted by atomic mass is 10.00. The van der Waals surface area contributed by atoms with E-state index in [0.29, 0.717) is 5.92 Å². The van der Waals surface area contributed by atoms with Gasteiger partial charge in [-0.05, 0) is 64.0 Å². The SMILES string of the molecule is CC(C)C1=CC(c2ccc(N(C)C)cc2)=CC(=C2C=CC(=[N+](C)C)C=C2)S1.[I-]. The Bertz CT molecular complexity index is 888. The van der Waals surface area contributed by atoms with Gasteiger partial charge in [0, 0.05) is 36.8 Å². The number of nitrogens with zero attached hydrogens (tertiary/aromatic N) is 2. The quantitative estimate of drug-likeness (QED) is 0.461. The highest BCUT2D eigenvalue weighted by molar-refractivity contribution is 8.07. The zero-order chi connectivity index (χ0) is 19.6. The number of thioether (sulfide) groups is 1. The Kier molecular flexibility index (Phi) is 7.96. The molecule has 1 aliphatic heterocycles. The van der Waals surface area contributed by atoms with Gasteiger partial charge >= 0.3 is 0 Å². The average molecular weight is 504 g/mol. The molecule has 0 N–H and O–H groups in total. The van der Waals surface area contributed by atoms with E-state index in [9.17, 15) is 0 Å². The van der Waals surface area contributed by atoms with Crippen molar-refractivity contribution in [1.82, 2.24) is 0 Å². The molecule has 0 fully saturated rings. The van der Waals surface area contributed by atoms with Gasteiger partial charge in [-0.2, -0.15) is 0 Å². The summed E-state index contributed by atoms with van der Waals surface area (Å²) in [6.07, 6.45) is 13.5. The Balaban J connectivity index is 0.00000280. The van der Waals surface area contributed by atoms with Crippen LogP contribution < -0.4 is 28.9 Å². The van der Waals surface area contributed by atoms with E-state index < -0.39 is 0 Å². The molecule has 1 aromatic carbocycles. The molecule has 0 unspecified atom stereocenters. The standard InChI is InChI=1S/C24H29N2S.HI/c1-17(2)23-15-20(18-7-11-21(12-8-18)25(3)4)16-24(27-23)19-9-13-22(14-10-19)26(5)6;/h7-17H,1-6H3;1H/q+1;/p-1. The summed E-state index contributed by atoms with van der Waals surface area (Å²) in [5, 5.41) is 0. The molecule has 0 saturated heterocycles. The number of hydrogen-bond donors (Lipinski definition) is 0. The third-order valence-corrected chi connectivity index (χ3v) is 6.16. The summed E-state index contributed by atoms with van der Waals surface area (Å²) in [5.41, 5.74) is 6.28. The summed E-state index contributed by atoms with van der Waals surface area (Å²) < 4.78 is 2.13. The van der Waals surface area contributed by atoms with Gasteiger partial charge in [-0.25, -0.2) is 4.58 Å². The molecular weight excluding hydrogens is 475 g/mol. The van der Waals surface area contributed by atoms with Crippen LogP contribution in [-0.4, -0.2) is 38.5 Å². The maximum atomic E-state index is 2.34. The highest BCUT2D eigenvalue weighted by atomic mass is 127. The second kappa shape index (κ2) is 9.79. The van der Waals surface area contributed by atoms with Crippen LogP contribution in [0.15, 0.2) is 76.1 Å². The van der Waals surface area contributed by atoms with Crippen molar-refractivity contribution in [3.05, 3.63) is 81.7 Å². The fraction of sp³-hybridized carbons (Fsp3) is 0.292. The van der Waals surface area contributed by atoms with Gasteiger partial charge in [0.15, 0.2) is 5.71 Å². The van der Waals surface area contributed by atoms with Crippen LogP contribution in [0.5, 0.6) is 0 Å². The molecule has 1 heterocycles. The molecule has 4 heteroatoms. The second-order valence-electron chi connectivity index (χ2n) is 7.65. The van der Waals surface area contributed by atoms with Crippen molar-refractivity contribution in [3.63, 3.8) is 0 Å². The Labute approximate surface area is 191 Å². The van der Waals surface area contributed by atoms with Crippen LogP contribution in [0.4, 0.5) is 5.69 Å². The van der Waals surface area contributed by atoms with E-state index in [-0.39, 0.29) is 24.0 Å². The largest absolute Gasteiger partial charge is 1.00 e. The normalized spacial score (nSPS) is 16.0. The van der Waals surface area contributed by atoms with E-state index in [0.717, 1.165) is 0 Å². The van der Waals surface area contributed by atoms with E-state index in [1.165, 1.54) is 37.9 Å². The zero-order valence-corrected chi connectivity index (χ0v) is 20.5. The highest BCUT2D eigenvalue weighted by Crippen LogP contribution is 2.42. The molecule has 0 amide bonds. The van der Waals surface area contributed by atoms with Crippen molar-refractivity contribution in [1.29, 1.82) is 0 Å². The lowest BCUT2D eigenvalue weighted by Gasteiger charge is -2.21. The lowest BCUT2D eigenvalue weighted by molar-refractivity contribution is -0.462. The van der Waals surface area contributed by atoms with Gasteiger partial charge < -0.3 is 28.9 Å². The van der Waals surface area contributed by atoms with Crippen molar-refractivity contribution in [2.45, 2.75) is 13.8 Å². The van der Waals surface area contributed by atoms with Crippen molar-refractivity contribution in [2.75, 3.05) is 33.1 Å². The maximum absolute atomic E-state index is 2.34. The minimum Gasteiger partial charge on any atom is -1.00 e. The molecule has 0 atom stereocenters. The first kappa shape index (κ1) is 22.8. The summed E-state index contributed by atoms with van der Waals surface area (Å²) in [7, 11) is 8.30. The summed E-state index contributed by atoms with van der Waals surface area (Å²) in [5.74, 6) is 0.510. The Morgan fingerprint density at radius 3 is 2.00 bits per heavy atom. The summed E-state index contributed by atoms with van der Waals surface area (Å²) in [4.78, 5) is 4.86. The first-order valence-corrected chi connectivity index (χ1v) is 10.2. The van der Waals surface area contributed by atoms with Crippen LogP contribution >= 0.6 is 11.8 Å². The first-order valence-electron chi connectivity index (χ1n) is 9.39. The molecule has 148 valence electrons. The molecule has 0 radical (unpaired) electrons. The van der Waals surface area contributed by atoms with Gasteiger partial charge in [-0.3, -0.25) is 0 Å². The third-order valence-electron chi connectivity index (χ3n) is 4.77. The van der Waals surface area contributed by atoms with Crippen molar-refractivity contribution in [2.24, 2.45) is 5.92 Å². The molecule has 1 aliphatic carbocycles. The molecule has 0 aromatic heterocycles. The summed E-state index contributed by atoms with van der Waals surface area (Å²) in [6, 6.07) is 8.81. The van der Waals surface area contributed by atoms with Gasteiger partial charge in [0.05, 0.1) is 0 Å². The second-order valence-corrected chi connectivity index (χ2v) is 8.77. The Hall–Kier alpha value is -1.53. The number of benzene rings is 1. The van der Waals surface area contributed by atoms with Crippen molar-refractivity contribution in [3.8, 4) is 0 Å². The van der Waals surface area contributed by atoms with E-state index in [4.69, 9.17) is 0 Å². The molecule has 2 aliphatic rings. The van der Waals surface area contributed by atoms with Crippen LogP contribution in [0.1, 0.15) is 19.4 Å². The first-order chi connectivity index (χ1) is 12.8. The van der Waals surface area contributed by atoms with Gasteiger partial charge in [0.1, 0.15) is 14.1 Å². The predicted octanol–water partition coefficient (Wildman–Crippen LogP) is 2.52. The van der Waals surface area contributed by atoms with Crippen LogP contribution in [0.25, 0.3) is 5.57 Å². The molecule has 0 bridgehead atoms. The van der Waals surface area contributed by atoms with Gasteiger partial charge in [0.2, 0.25) is 0 Å². The Morgan fingerprint density at radius 2 is 1.50 bits per heavy atom. The number of hydrogen-bond acceptors (Lipinski definition) is 2. The van der Waals surface area contributed by atoms with Gasteiger partial charge in [-0.1, -0.05) is 37.7 Å². The fourth-order valence-corrected chi connectivity index (χ4v) is 4.11. The van der Waals surface area contributed by atoms with E-state index >= 15 is 0 Å². The predicted molar refractivity (Wildman–Crippen MR) is 122 cm³/mol. The molecule has 0 saturated carbocycles. The van der Waals surface area contributed by atoms with Crippen LogP contribution in [0.2, 0.25) is 0 Å². The highest BCUT2D eigenvalue weighted by Gasteiger charge is 2.17. The number of rotatable bonds is 3. The molecule has 0 spiro atoms. The van der Waals surface area contributed by atoms with E-state index in [2.05, 4.69) is 112 Å². The maximum Gasteiger partial charge on any atom is 0.199 e. The minimum absolute atomic E-state index is 0.